The van der Waals surface area contributed by atoms with E-state index in [1.165, 1.54) is 0 Å². The van der Waals surface area contributed by atoms with Crippen molar-refractivity contribution in [1.82, 2.24) is 4.90 Å². The van der Waals surface area contributed by atoms with Crippen LogP contribution in [-0.2, 0) is 9.53 Å². The molecule has 5 nitrogen and oxygen atoms in total. The lowest BCUT2D eigenvalue weighted by molar-refractivity contribution is -0.131. The van der Waals surface area contributed by atoms with E-state index in [1.807, 2.05) is 6.92 Å². The second-order valence-electron chi connectivity index (χ2n) is 6.30. The van der Waals surface area contributed by atoms with Crippen LogP contribution in [0, 0.1) is 11.8 Å². The third kappa shape index (κ3) is 3.12. The average molecular weight is 293 g/mol. The molecular formula is C16H27N3O2. The molecule has 4 atom stereocenters. The van der Waals surface area contributed by atoms with Crippen LogP contribution in [-0.4, -0.2) is 42.1 Å². The smallest absolute Gasteiger partial charge is 0.232 e. The largest absolute Gasteiger partial charge is 0.385 e. The minimum atomic E-state index is -0.529. The van der Waals surface area contributed by atoms with Crippen molar-refractivity contribution in [1.29, 1.82) is 0 Å². The maximum Gasteiger partial charge on any atom is 0.232 e. The van der Waals surface area contributed by atoms with Gasteiger partial charge >= 0.3 is 0 Å². The summed E-state index contributed by atoms with van der Waals surface area (Å²) in [6.07, 6.45) is 4.79. The Hall–Kier alpha value is -1.36. The van der Waals surface area contributed by atoms with Crippen LogP contribution in [0.3, 0.4) is 0 Å². The molecule has 5 heteroatoms. The molecule has 2 rings (SSSR count). The van der Waals surface area contributed by atoms with Gasteiger partial charge in [-0.25, -0.2) is 4.99 Å². The van der Waals surface area contributed by atoms with Gasteiger partial charge in [-0.15, -0.1) is 6.58 Å². The van der Waals surface area contributed by atoms with Gasteiger partial charge in [-0.05, 0) is 31.1 Å². The first-order valence-electron chi connectivity index (χ1n) is 7.78. The number of nitrogens with zero attached hydrogens (tertiary/aromatic N) is 2. The first kappa shape index (κ1) is 16.0. The molecule has 1 saturated carbocycles. The van der Waals surface area contributed by atoms with Crippen molar-refractivity contribution in [3.05, 3.63) is 12.7 Å². The maximum atomic E-state index is 12.7. The number of rotatable bonds is 7. The number of hydrogen-bond acceptors (Lipinski definition) is 4. The van der Waals surface area contributed by atoms with Crippen molar-refractivity contribution in [2.75, 3.05) is 13.7 Å². The quantitative estimate of drug-likeness (QED) is 0.729. The minimum absolute atomic E-state index is 0.0597. The number of hydrogen-bond donors (Lipinski definition) is 1. The minimum Gasteiger partial charge on any atom is -0.385 e. The summed E-state index contributed by atoms with van der Waals surface area (Å²) in [5, 5.41) is 0. The molecule has 0 saturated heterocycles. The highest BCUT2D eigenvalue weighted by Crippen LogP contribution is 2.44. The van der Waals surface area contributed by atoms with Crippen LogP contribution in [0.1, 0.15) is 39.5 Å². The maximum absolute atomic E-state index is 12.7. The van der Waals surface area contributed by atoms with Gasteiger partial charge in [0.2, 0.25) is 5.91 Å². The molecular weight excluding hydrogens is 266 g/mol. The summed E-state index contributed by atoms with van der Waals surface area (Å²) in [6.45, 7) is 8.67. The summed E-state index contributed by atoms with van der Waals surface area (Å²) >= 11 is 0. The van der Waals surface area contributed by atoms with Crippen LogP contribution < -0.4 is 5.73 Å². The van der Waals surface area contributed by atoms with Crippen LogP contribution in [0.4, 0.5) is 0 Å². The fourth-order valence-electron chi connectivity index (χ4n) is 3.28. The molecule has 1 aliphatic heterocycles. The van der Waals surface area contributed by atoms with E-state index in [1.54, 1.807) is 18.1 Å². The fourth-order valence-corrected chi connectivity index (χ4v) is 3.28. The Labute approximate surface area is 127 Å². The number of carbonyl (C=O) groups excluding carboxylic acids is 1. The molecule has 0 bridgehead atoms. The first-order chi connectivity index (χ1) is 9.98. The highest BCUT2D eigenvalue weighted by Gasteiger charge is 2.47. The molecule has 2 N–H and O–H groups in total. The van der Waals surface area contributed by atoms with Crippen LogP contribution in [0.15, 0.2) is 17.6 Å². The topological polar surface area (TPSA) is 67.9 Å². The summed E-state index contributed by atoms with van der Waals surface area (Å²) in [5.41, 5.74) is 5.62. The summed E-state index contributed by atoms with van der Waals surface area (Å²) in [5.74, 6) is 1.55. The zero-order chi connectivity index (χ0) is 15.6. The average Bonchev–Trinajstić information content (AvgIpc) is 3.18. The van der Waals surface area contributed by atoms with Gasteiger partial charge in [-0.2, -0.15) is 0 Å². The summed E-state index contributed by atoms with van der Waals surface area (Å²) in [7, 11) is 1.68. The van der Waals surface area contributed by atoms with E-state index in [0.29, 0.717) is 30.8 Å². The van der Waals surface area contributed by atoms with Crippen molar-refractivity contribution < 1.29 is 9.53 Å². The Balaban J connectivity index is 2.24. The summed E-state index contributed by atoms with van der Waals surface area (Å²) < 4.78 is 5.20. The number of amides is 1. The van der Waals surface area contributed by atoms with Crippen molar-refractivity contribution in [2.24, 2.45) is 22.6 Å². The molecule has 0 aromatic heterocycles. The number of aliphatic imine (C=N–C) groups is 1. The molecule has 2 aliphatic rings. The number of nitrogens with two attached hydrogens (primary N) is 1. The molecule has 0 radical (unpaired) electrons. The van der Waals surface area contributed by atoms with E-state index in [4.69, 9.17) is 10.5 Å². The number of ether oxygens (including phenoxy) is 1. The number of carbonyl (C=O) groups is 1. The second-order valence-corrected chi connectivity index (χ2v) is 6.30. The van der Waals surface area contributed by atoms with E-state index < -0.39 is 5.54 Å². The van der Waals surface area contributed by atoms with Crippen molar-refractivity contribution in [2.45, 2.75) is 51.1 Å². The SMILES string of the molecule is C=C[C@@]1(CC)CC(=O)N([C@H](CCOC)[C@@H]2C[C@H]2C)C(N)=N1. The Morgan fingerprint density at radius 3 is 2.76 bits per heavy atom. The van der Waals surface area contributed by atoms with Crippen LogP contribution in [0.5, 0.6) is 0 Å². The van der Waals surface area contributed by atoms with Crippen molar-refractivity contribution in [3.63, 3.8) is 0 Å². The fraction of sp³-hybridized carbons (Fsp3) is 0.750. The van der Waals surface area contributed by atoms with Gasteiger partial charge in [0.1, 0.15) is 0 Å². The molecule has 118 valence electrons. The van der Waals surface area contributed by atoms with E-state index in [0.717, 1.165) is 19.3 Å². The lowest BCUT2D eigenvalue weighted by Gasteiger charge is -2.39. The van der Waals surface area contributed by atoms with Gasteiger partial charge in [-0.1, -0.05) is 19.9 Å². The van der Waals surface area contributed by atoms with Gasteiger partial charge < -0.3 is 10.5 Å². The van der Waals surface area contributed by atoms with Crippen molar-refractivity contribution in [3.8, 4) is 0 Å². The molecule has 1 heterocycles. The summed E-state index contributed by atoms with van der Waals surface area (Å²) in [6, 6.07) is 0.107. The molecule has 0 unspecified atom stereocenters. The molecule has 21 heavy (non-hydrogen) atoms. The van der Waals surface area contributed by atoms with Gasteiger partial charge in [-0.3, -0.25) is 9.69 Å². The Bertz CT molecular complexity index is 449. The van der Waals surface area contributed by atoms with E-state index in [-0.39, 0.29) is 11.9 Å². The lowest BCUT2D eigenvalue weighted by Crippen LogP contribution is -2.56. The molecule has 0 aromatic carbocycles. The molecule has 0 spiro atoms. The van der Waals surface area contributed by atoms with Crippen molar-refractivity contribution >= 4 is 11.9 Å². The zero-order valence-electron chi connectivity index (χ0n) is 13.3. The summed E-state index contributed by atoms with van der Waals surface area (Å²) in [4.78, 5) is 19.0. The van der Waals surface area contributed by atoms with Crippen LogP contribution >= 0.6 is 0 Å². The predicted molar refractivity (Wildman–Crippen MR) is 83.9 cm³/mol. The van der Waals surface area contributed by atoms with Gasteiger partial charge in [0.25, 0.3) is 0 Å². The molecule has 1 fully saturated rings. The highest BCUT2D eigenvalue weighted by molar-refractivity contribution is 5.99. The predicted octanol–water partition coefficient (Wildman–Crippen LogP) is 1.93. The third-order valence-corrected chi connectivity index (χ3v) is 4.92. The Morgan fingerprint density at radius 1 is 1.67 bits per heavy atom. The van der Waals surface area contributed by atoms with Crippen LogP contribution in [0.25, 0.3) is 0 Å². The van der Waals surface area contributed by atoms with Gasteiger partial charge in [0, 0.05) is 19.8 Å². The normalized spacial score (nSPS) is 33.6. The highest BCUT2D eigenvalue weighted by atomic mass is 16.5. The van der Waals surface area contributed by atoms with E-state index in [9.17, 15) is 4.79 Å². The molecule has 1 aliphatic carbocycles. The molecule has 1 amide bonds. The lowest BCUT2D eigenvalue weighted by atomic mass is 9.90. The zero-order valence-corrected chi connectivity index (χ0v) is 13.3. The van der Waals surface area contributed by atoms with Gasteiger partial charge in [0.05, 0.1) is 12.0 Å². The standard InChI is InChI=1S/C16H27N3O2/c1-5-16(6-2)10-14(20)19(15(17)18-16)13(7-8-21-4)12-9-11(12)3/h5,11-13H,1,6-10H2,2-4H3,(H2,17,18)/t11-,12-,13-,16-/m1/s1. The Kier molecular flexibility index (Phi) is 4.71. The van der Waals surface area contributed by atoms with E-state index >= 15 is 0 Å². The number of methoxy groups -OCH3 is 1. The Morgan fingerprint density at radius 2 is 2.33 bits per heavy atom. The first-order valence-corrected chi connectivity index (χ1v) is 7.78. The molecule has 0 aromatic rings. The third-order valence-electron chi connectivity index (χ3n) is 4.92. The number of guanidine groups is 1. The van der Waals surface area contributed by atoms with Gasteiger partial charge in [0.15, 0.2) is 5.96 Å². The monoisotopic (exact) mass is 293 g/mol. The van der Waals surface area contributed by atoms with Crippen LogP contribution in [0.2, 0.25) is 0 Å². The van der Waals surface area contributed by atoms with E-state index in [2.05, 4.69) is 18.5 Å². The second kappa shape index (κ2) is 6.18.